The normalized spacial score (nSPS) is 9.44. The van der Waals surface area contributed by atoms with Crippen molar-refractivity contribution in [2.45, 2.75) is 13.0 Å². The van der Waals surface area contributed by atoms with E-state index in [1.165, 1.54) is 0 Å². The Balaban J connectivity index is 2.08. The number of terminal acetylenes is 1. The largest absolute Gasteiger partial charge is 0.345 e. The highest BCUT2D eigenvalue weighted by molar-refractivity contribution is 5.76. The molecule has 0 aliphatic heterocycles. The Hall–Kier alpha value is -1.86. The first kappa shape index (κ1) is 12.2. The first-order chi connectivity index (χ1) is 7.83. The van der Waals surface area contributed by atoms with E-state index in [1.54, 1.807) is 6.20 Å². The van der Waals surface area contributed by atoms with Gasteiger partial charge in [-0.05, 0) is 12.1 Å². The van der Waals surface area contributed by atoms with Crippen LogP contribution >= 0.6 is 0 Å². The van der Waals surface area contributed by atoms with Crippen molar-refractivity contribution in [2.75, 3.05) is 13.1 Å². The van der Waals surface area contributed by atoms with E-state index in [2.05, 4.69) is 21.5 Å². The van der Waals surface area contributed by atoms with Gasteiger partial charge in [0.15, 0.2) is 0 Å². The summed E-state index contributed by atoms with van der Waals surface area (Å²) in [5, 5.41) is 5.73. The number of pyridine rings is 1. The maximum absolute atomic E-state index is 11.2. The Morgan fingerprint density at radius 3 is 3.06 bits per heavy atom. The summed E-state index contributed by atoms with van der Waals surface area (Å²) in [5.74, 6) is 2.32. The van der Waals surface area contributed by atoms with Crippen LogP contribution in [0.1, 0.15) is 12.1 Å². The van der Waals surface area contributed by atoms with Gasteiger partial charge in [-0.1, -0.05) is 12.0 Å². The van der Waals surface area contributed by atoms with Gasteiger partial charge >= 0.3 is 0 Å². The summed E-state index contributed by atoms with van der Waals surface area (Å²) in [7, 11) is 0. The highest BCUT2D eigenvalue weighted by Crippen LogP contribution is 1.91. The van der Waals surface area contributed by atoms with Crippen LogP contribution in [0.15, 0.2) is 24.4 Å². The molecule has 0 aromatic carbocycles. The van der Waals surface area contributed by atoms with Gasteiger partial charge in [0.25, 0.3) is 0 Å². The molecule has 4 heteroatoms. The van der Waals surface area contributed by atoms with Crippen molar-refractivity contribution >= 4 is 5.91 Å². The predicted molar refractivity (Wildman–Crippen MR) is 62.4 cm³/mol. The molecule has 1 aromatic rings. The Bertz CT molecular complexity index is 356. The van der Waals surface area contributed by atoms with Crippen LogP contribution in [0.2, 0.25) is 0 Å². The smallest absolute Gasteiger partial charge is 0.222 e. The molecule has 0 atom stereocenters. The van der Waals surface area contributed by atoms with Gasteiger partial charge in [0.05, 0.1) is 12.2 Å². The van der Waals surface area contributed by atoms with Crippen molar-refractivity contribution in [2.24, 2.45) is 0 Å². The van der Waals surface area contributed by atoms with Crippen molar-refractivity contribution in [1.29, 1.82) is 0 Å². The number of nitrogens with one attached hydrogen (secondary N) is 2. The minimum atomic E-state index is -0.0357. The number of hydrogen-bond donors (Lipinski definition) is 2. The molecule has 16 heavy (non-hydrogen) atoms. The maximum atomic E-state index is 11.2. The van der Waals surface area contributed by atoms with E-state index >= 15 is 0 Å². The van der Waals surface area contributed by atoms with Gasteiger partial charge in [0, 0.05) is 25.7 Å². The van der Waals surface area contributed by atoms with E-state index in [0.29, 0.717) is 26.1 Å². The summed E-state index contributed by atoms with van der Waals surface area (Å²) in [6.07, 6.45) is 7.19. The lowest BCUT2D eigenvalue weighted by Crippen LogP contribution is -2.27. The van der Waals surface area contributed by atoms with Crippen LogP contribution in [0.4, 0.5) is 0 Å². The Morgan fingerprint density at radius 2 is 2.38 bits per heavy atom. The quantitative estimate of drug-likeness (QED) is 0.532. The van der Waals surface area contributed by atoms with Gasteiger partial charge in [-0.25, -0.2) is 0 Å². The van der Waals surface area contributed by atoms with Crippen LogP contribution in [0.3, 0.4) is 0 Å². The van der Waals surface area contributed by atoms with Crippen LogP contribution in [0.5, 0.6) is 0 Å². The number of aromatic nitrogens is 1. The summed E-state index contributed by atoms with van der Waals surface area (Å²) in [6.45, 7) is 1.58. The molecule has 0 unspecified atom stereocenters. The van der Waals surface area contributed by atoms with Crippen molar-refractivity contribution < 1.29 is 4.79 Å². The first-order valence-electron chi connectivity index (χ1n) is 5.13. The standard InChI is InChI=1S/C12H15N3O/c1-2-7-15-12(16)6-9-13-10-11-5-3-4-8-14-11/h1,3-5,8,13H,6-7,9-10H2,(H,15,16). The lowest BCUT2D eigenvalue weighted by atomic mass is 10.3. The van der Waals surface area contributed by atoms with E-state index in [-0.39, 0.29) is 5.91 Å². The topological polar surface area (TPSA) is 54.0 Å². The Morgan fingerprint density at radius 1 is 1.50 bits per heavy atom. The molecule has 1 heterocycles. The zero-order chi connectivity index (χ0) is 11.6. The van der Waals surface area contributed by atoms with Crippen LogP contribution in [0, 0.1) is 12.3 Å². The molecule has 0 bridgehead atoms. The summed E-state index contributed by atoms with van der Waals surface area (Å²) < 4.78 is 0. The SMILES string of the molecule is C#CCNC(=O)CCNCc1ccccn1. The Labute approximate surface area is 95.5 Å². The molecule has 4 nitrogen and oxygen atoms in total. The van der Waals surface area contributed by atoms with Crippen LogP contribution in [-0.4, -0.2) is 24.0 Å². The third-order valence-electron chi connectivity index (χ3n) is 1.95. The summed E-state index contributed by atoms with van der Waals surface area (Å²) in [4.78, 5) is 15.3. The summed E-state index contributed by atoms with van der Waals surface area (Å²) in [5.41, 5.74) is 0.964. The minimum Gasteiger partial charge on any atom is -0.345 e. The highest BCUT2D eigenvalue weighted by atomic mass is 16.1. The number of hydrogen-bond acceptors (Lipinski definition) is 3. The van der Waals surface area contributed by atoms with Crippen molar-refractivity contribution in [3.8, 4) is 12.3 Å². The maximum Gasteiger partial charge on any atom is 0.222 e. The third-order valence-corrected chi connectivity index (χ3v) is 1.95. The van der Waals surface area contributed by atoms with E-state index in [4.69, 9.17) is 6.42 Å². The molecule has 0 radical (unpaired) electrons. The number of amides is 1. The number of rotatable bonds is 6. The predicted octanol–water partition coefficient (Wildman–Crippen LogP) is 0.311. The monoisotopic (exact) mass is 217 g/mol. The minimum absolute atomic E-state index is 0.0357. The van der Waals surface area contributed by atoms with E-state index in [9.17, 15) is 4.79 Å². The number of carbonyl (C=O) groups is 1. The third kappa shape index (κ3) is 5.13. The zero-order valence-corrected chi connectivity index (χ0v) is 9.07. The fourth-order valence-corrected chi connectivity index (χ4v) is 1.16. The second kappa shape index (κ2) is 7.43. The molecular weight excluding hydrogens is 202 g/mol. The fourth-order valence-electron chi connectivity index (χ4n) is 1.16. The molecule has 0 saturated heterocycles. The fraction of sp³-hybridized carbons (Fsp3) is 0.333. The Kier molecular flexibility index (Phi) is 5.67. The molecule has 1 rings (SSSR count). The van der Waals surface area contributed by atoms with Crippen LogP contribution in [-0.2, 0) is 11.3 Å². The average Bonchev–Trinajstić information content (AvgIpc) is 2.33. The molecule has 0 spiro atoms. The van der Waals surface area contributed by atoms with Gasteiger partial charge in [-0.15, -0.1) is 6.42 Å². The van der Waals surface area contributed by atoms with E-state index < -0.39 is 0 Å². The summed E-state index contributed by atoms with van der Waals surface area (Å²) in [6, 6.07) is 5.74. The first-order valence-corrected chi connectivity index (χ1v) is 5.13. The average molecular weight is 217 g/mol. The number of nitrogens with zero attached hydrogens (tertiary/aromatic N) is 1. The van der Waals surface area contributed by atoms with E-state index in [0.717, 1.165) is 5.69 Å². The van der Waals surface area contributed by atoms with E-state index in [1.807, 2.05) is 18.2 Å². The molecule has 0 aliphatic carbocycles. The van der Waals surface area contributed by atoms with Gasteiger partial charge in [0.1, 0.15) is 0 Å². The number of carbonyl (C=O) groups excluding carboxylic acids is 1. The van der Waals surface area contributed by atoms with Gasteiger partial charge in [0.2, 0.25) is 5.91 Å². The van der Waals surface area contributed by atoms with Crippen LogP contribution in [0.25, 0.3) is 0 Å². The zero-order valence-electron chi connectivity index (χ0n) is 9.07. The molecule has 2 N–H and O–H groups in total. The van der Waals surface area contributed by atoms with Crippen molar-refractivity contribution in [3.63, 3.8) is 0 Å². The summed E-state index contributed by atoms with van der Waals surface area (Å²) >= 11 is 0. The van der Waals surface area contributed by atoms with Gasteiger partial charge in [-0.3, -0.25) is 9.78 Å². The lowest BCUT2D eigenvalue weighted by Gasteiger charge is -2.04. The van der Waals surface area contributed by atoms with Gasteiger partial charge in [-0.2, -0.15) is 0 Å². The second-order valence-electron chi connectivity index (χ2n) is 3.23. The molecule has 0 saturated carbocycles. The van der Waals surface area contributed by atoms with Crippen LogP contribution < -0.4 is 10.6 Å². The molecular formula is C12H15N3O. The molecule has 84 valence electrons. The molecule has 1 aromatic heterocycles. The highest BCUT2D eigenvalue weighted by Gasteiger charge is 1.98. The molecule has 0 fully saturated rings. The second-order valence-corrected chi connectivity index (χ2v) is 3.23. The van der Waals surface area contributed by atoms with Crippen molar-refractivity contribution in [1.82, 2.24) is 15.6 Å². The molecule has 0 aliphatic rings. The van der Waals surface area contributed by atoms with Gasteiger partial charge < -0.3 is 10.6 Å². The van der Waals surface area contributed by atoms with Crippen molar-refractivity contribution in [3.05, 3.63) is 30.1 Å². The lowest BCUT2D eigenvalue weighted by molar-refractivity contribution is -0.120. The molecule has 1 amide bonds.